The van der Waals surface area contributed by atoms with Gasteiger partial charge in [-0.2, -0.15) is 16.8 Å². The smallest absolute Gasteiger partial charge is 0.294 e. The fourth-order valence-electron chi connectivity index (χ4n) is 5.79. The van der Waals surface area contributed by atoms with E-state index in [1.165, 1.54) is 24.3 Å². The van der Waals surface area contributed by atoms with Crippen molar-refractivity contribution in [3.8, 4) is 0 Å². The molecule has 0 aromatic heterocycles. The second-order valence-electron chi connectivity index (χ2n) is 12.4. The van der Waals surface area contributed by atoms with Crippen LogP contribution in [0.1, 0.15) is 71.4 Å². The van der Waals surface area contributed by atoms with E-state index >= 15 is 0 Å². The van der Waals surface area contributed by atoms with Crippen LogP contribution in [0.25, 0.3) is 0 Å². The second kappa shape index (κ2) is 13.0. The van der Waals surface area contributed by atoms with Crippen molar-refractivity contribution in [2.24, 2.45) is 4.99 Å². The number of rotatable bonds is 12. The van der Waals surface area contributed by atoms with Gasteiger partial charge >= 0.3 is 0 Å². The largest absolute Gasteiger partial charge is 0.344 e. The molecule has 0 bridgehead atoms. The molecule has 0 saturated heterocycles. The van der Waals surface area contributed by atoms with Crippen molar-refractivity contribution < 1.29 is 30.7 Å². The SMILES string of the molecule is CC(=O)CCCCCN1/C(=C/C=C/C=C/C=C/C2=Nc3ccc(S(=O)(=O)O)cc3C2(C)C)C(C)(C)c2cc(S(=O)(=O)O)ccc21. The van der Waals surface area contributed by atoms with E-state index in [0.717, 1.165) is 47.5 Å². The number of allylic oxidation sites excluding steroid dienone is 8. The van der Waals surface area contributed by atoms with E-state index in [9.17, 15) is 30.7 Å². The van der Waals surface area contributed by atoms with E-state index in [4.69, 9.17) is 0 Å². The van der Waals surface area contributed by atoms with Crippen molar-refractivity contribution in [3.63, 3.8) is 0 Å². The maximum atomic E-state index is 11.9. The minimum absolute atomic E-state index is 0.140. The third-order valence-electron chi connectivity index (χ3n) is 8.34. The summed E-state index contributed by atoms with van der Waals surface area (Å²) in [4.78, 5) is 17.9. The van der Waals surface area contributed by atoms with Gasteiger partial charge in [-0.3, -0.25) is 14.1 Å². The number of fused-ring (bicyclic) bond motifs is 2. The average molecular weight is 653 g/mol. The van der Waals surface area contributed by atoms with E-state index in [0.29, 0.717) is 18.7 Å². The van der Waals surface area contributed by atoms with Gasteiger partial charge in [0, 0.05) is 35.2 Å². The van der Waals surface area contributed by atoms with E-state index in [1.54, 1.807) is 19.1 Å². The Kier molecular flexibility index (Phi) is 9.89. The molecule has 45 heavy (non-hydrogen) atoms. The maximum Gasteiger partial charge on any atom is 0.294 e. The van der Waals surface area contributed by atoms with Gasteiger partial charge in [-0.1, -0.05) is 64.5 Å². The Labute approximate surface area is 266 Å². The predicted octanol–water partition coefficient (Wildman–Crippen LogP) is 7.04. The lowest BCUT2D eigenvalue weighted by molar-refractivity contribution is -0.117. The van der Waals surface area contributed by atoms with Gasteiger partial charge in [0.15, 0.2) is 0 Å². The zero-order chi connectivity index (χ0) is 33.2. The van der Waals surface area contributed by atoms with Gasteiger partial charge in [-0.25, -0.2) is 0 Å². The maximum absolute atomic E-state index is 11.9. The standard InChI is InChI=1S/C34H40N2O7S2/c1-24(37)14-10-9-13-21-36-30-20-18-26(45(41,42)43)23-28(30)34(4,5)32(36)16-12-8-6-7-11-15-31-33(2,3)27-22-25(44(38,39)40)17-19-29(27)35-31/h6-8,11-12,15-20,22-23H,9-10,13-14,21H2,1-5H3,(H,38,39,40)(H,41,42,43)/b7-6+,12-8+,15-11+,32-16+. The summed E-state index contributed by atoms with van der Waals surface area (Å²) in [5, 5.41) is 0. The average Bonchev–Trinajstić information content (AvgIpc) is 3.31. The molecule has 0 aliphatic carbocycles. The van der Waals surface area contributed by atoms with Gasteiger partial charge in [0.1, 0.15) is 5.78 Å². The molecule has 0 radical (unpaired) electrons. The van der Waals surface area contributed by atoms with E-state index in [-0.39, 0.29) is 15.6 Å². The van der Waals surface area contributed by atoms with Gasteiger partial charge < -0.3 is 9.69 Å². The third-order valence-corrected chi connectivity index (χ3v) is 10.0. The van der Waals surface area contributed by atoms with Gasteiger partial charge in [-0.15, -0.1) is 0 Å². The molecule has 0 amide bonds. The Morgan fingerprint density at radius 3 is 2.04 bits per heavy atom. The quantitative estimate of drug-likeness (QED) is 0.141. The number of unbranched alkanes of at least 4 members (excludes halogenated alkanes) is 2. The Hall–Kier alpha value is -3.64. The third kappa shape index (κ3) is 7.61. The Bertz CT molecular complexity index is 1860. The molecule has 2 aliphatic rings. The van der Waals surface area contributed by atoms with Gasteiger partial charge in [0.05, 0.1) is 21.2 Å². The molecule has 0 fully saturated rings. The first kappa shape index (κ1) is 34.2. The number of benzene rings is 2. The molecule has 0 atom stereocenters. The summed E-state index contributed by atoms with van der Waals surface area (Å²) < 4.78 is 66.0. The minimum atomic E-state index is -4.35. The molecule has 2 aliphatic heterocycles. The minimum Gasteiger partial charge on any atom is -0.344 e. The van der Waals surface area contributed by atoms with Crippen LogP contribution in [0.4, 0.5) is 11.4 Å². The van der Waals surface area contributed by atoms with Gasteiger partial charge in [-0.05, 0) is 79.4 Å². The molecule has 240 valence electrons. The molecule has 0 saturated carbocycles. The first-order chi connectivity index (χ1) is 20.9. The fraction of sp³-hybridized carbons (Fsp3) is 0.353. The number of Topliss-reactive ketones (excluding diaryl/α,β-unsaturated/α-hetero) is 1. The van der Waals surface area contributed by atoms with Crippen LogP contribution in [0.2, 0.25) is 0 Å². The summed E-state index contributed by atoms with van der Waals surface area (Å²) in [6, 6.07) is 9.09. The zero-order valence-corrected chi connectivity index (χ0v) is 27.8. The van der Waals surface area contributed by atoms with Gasteiger partial charge in [0.25, 0.3) is 20.2 Å². The van der Waals surface area contributed by atoms with Crippen LogP contribution in [0.3, 0.4) is 0 Å². The Balaban J connectivity index is 1.51. The molecule has 2 aromatic carbocycles. The topological polar surface area (TPSA) is 141 Å². The summed E-state index contributed by atoms with van der Waals surface area (Å²) in [5.74, 6) is 0.174. The van der Waals surface area contributed by atoms with Gasteiger partial charge in [0.2, 0.25) is 0 Å². The van der Waals surface area contributed by atoms with Crippen LogP contribution in [0, 0.1) is 0 Å². The highest BCUT2D eigenvalue weighted by atomic mass is 32.2. The molecule has 2 aromatic rings. The number of hydrogen-bond acceptors (Lipinski definition) is 7. The molecule has 9 nitrogen and oxygen atoms in total. The Morgan fingerprint density at radius 1 is 0.800 bits per heavy atom. The lowest BCUT2D eigenvalue weighted by Gasteiger charge is -2.27. The van der Waals surface area contributed by atoms with Crippen molar-refractivity contribution in [2.45, 2.75) is 80.9 Å². The fourth-order valence-corrected chi connectivity index (χ4v) is 6.80. The molecule has 0 spiro atoms. The van der Waals surface area contributed by atoms with Crippen molar-refractivity contribution >= 4 is 43.1 Å². The van der Waals surface area contributed by atoms with Crippen LogP contribution < -0.4 is 4.90 Å². The first-order valence-electron chi connectivity index (χ1n) is 14.8. The van der Waals surface area contributed by atoms with Crippen molar-refractivity contribution in [1.29, 1.82) is 0 Å². The zero-order valence-electron chi connectivity index (χ0n) is 26.2. The van der Waals surface area contributed by atoms with Crippen LogP contribution in [-0.4, -0.2) is 44.0 Å². The monoisotopic (exact) mass is 652 g/mol. The van der Waals surface area contributed by atoms with Crippen LogP contribution in [0.15, 0.2) is 99.4 Å². The number of carbonyl (C=O) groups is 1. The number of anilines is 1. The second-order valence-corrected chi connectivity index (χ2v) is 15.2. The Morgan fingerprint density at radius 2 is 1.40 bits per heavy atom. The number of aliphatic imine (C=N–C) groups is 1. The number of ketones is 1. The van der Waals surface area contributed by atoms with Crippen LogP contribution in [0.5, 0.6) is 0 Å². The van der Waals surface area contributed by atoms with E-state index in [1.807, 2.05) is 70.2 Å². The van der Waals surface area contributed by atoms with Crippen LogP contribution in [-0.2, 0) is 35.9 Å². The molecule has 4 rings (SSSR count). The number of carbonyl (C=O) groups excluding carboxylic acids is 1. The highest BCUT2D eigenvalue weighted by Gasteiger charge is 2.40. The van der Waals surface area contributed by atoms with Crippen molar-refractivity contribution in [2.75, 3.05) is 11.4 Å². The number of nitrogens with zero attached hydrogens (tertiary/aromatic N) is 2. The normalized spacial score (nSPS) is 18.3. The summed E-state index contributed by atoms with van der Waals surface area (Å²) in [6.07, 6.45) is 16.4. The molecular formula is C34H40N2O7S2. The van der Waals surface area contributed by atoms with E-state index in [2.05, 4.69) is 9.89 Å². The summed E-state index contributed by atoms with van der Waals surface area (Å²) in [6.45, 7) is 10.2. The number of hydrogen-bond donors (Lipinski definition) is 2. The summed E-state index contributed by atoms with van der Waals surface area (Å²) in [7, 11) is -8.66. The highest BCUT2D eigenvalue weighted by Crippen LogP contribution is 2.48. The first-order valence-corrected chi connectivity index (χ1v) is 17.6. The van der Waals surface area contributed by atoms with Crippen molar-refractivity contribution in [1.82, 2.24) is 0 Å². The van der Waals surface area contributed by atoms with Crippen molar-refractivity contribution in [3.05, 3.63) is 95.8 Å². The predicted molar refractivity (Wildman–Crippen MR) is 178 cm³/mol. The summed E-state index contributed by atoms with van der Waals surface area (Å²) >= 11 is 0. The van der Waals surface area contributed by atoms with Crippen LogP contribution >= 0.6 is 0 Å². The lowest BCUT2D eigenvalue weighted by atomic mass is 9.81. The molecule has 2 heterocycles. The lowest BCUT2D eigenvalue weighted by Crippen LogP contribution is -2.27. The molecule has 11 heteroatoms. The molecule has 0 unspecified atom stereocenters. The molecular weight excluding hydrogens is 613 g/mol. The van der Waals surface area contributed by atoms with E-state index < -0.39 is 31.1 Å². The molecule has 2 N–H and O–H groups in total. The highest BCUT2D eigenvalue weighted by molar-refractivity contribution is 7.86. The summed E-state index contributed by atoms with van der Waals surface area (Å²) in [5.41, 5.74) is 3.75.